The summed E-state index contributed by atoms with van der Waals surface area (Å²) in [6, 6.07) is 1.77. The molecule has 2 heterocycles. The minimum atomic E-state index is -0.733. The van der Waals surface area contributed by atoms with E-state index in [-0.39, 0.29) is 5.91 Å². The third kappa shape index (κ3) is 3.30. The number of amides is 1. The lowest BCUT2D eigenvalue weighted by Gasteiger charge is -2.31. The monoisotopic (exact) mass is 332 g/mol. The van der Waals surface area contributed by atoms with Gasteiger partial charge in [0.1, 0.15) is 5.69 Å². The highest BCUT2D eigenvalue weighted by molar-refractivity contribution is 9.10. The number of carbonyl (C=O) groups is 1. The average molecular weight is 333 g/mol. The van der Waals surface area contributed by atoms with Crippen LogP contribution in [0.1, 0.15) is 23.3 Å². The van der Waals surface area contributed by atoms with Gasteiger partial charge in [-0.05, 0) is 46.3 Å². The molecule has 1 aliphatic rings. The molecule has 0 aromatic carbocycles. The van der Waals surface area contributed by atoms with Gasteiger partial charge < -0.3 is 15.0 Å². The van der Waals surface area contributed by atoms with E-state index >= 15 is 0 Å². The van der Waals surface area contributed by atoms with Crippen LogP contribution in [0.4, 0.5) is 0 Å². The van der Waals surface area contributed by atoms with Crippen molar-refractivity contribution in [3.05, 3.63) is 22.4 Å². The lowest BCUT2D eigenvalue weighted by atomic mass is 9.97. The minimum Gasteiger partial charge on any atom is -0.388 e. The topological polar surface area (TPSA) is 54.3 Å². The zero-order chi connectivity index (χ0) is 13.2. The SMILES string of the molecule is Cn1cc(Br)cc1C(=O)NCC1(O)CCSCC1. The highest BCUT2D eigenvalue weighted by atomic mass is 79.9. The molecule has 1 amide bonds. The van der Waals surface area contributed by atoms with E-state index in [0.29, 0.717) is 12.2 Å². The summed E-state index contributed by atoms with van der Waals surface area (Å²) in [6.45, 7) is 0.329. The third-order valence-corrected chi connectivity index (χ3v) is 4.62. The molecule has 1 aromatic rings. The van der Waals surface area contributed by atoms with Crippen molar-refractivity contribution < 1.29 is 9.90 Å². The van der Waals surface area contributed by atoms with Crippen molar-refractivity contribution in [2.45, 2.75) is 18.4 Å². The quantitative estimate of drug-likeness (QED) is 0.887. The number of aliphatic hydroxyl groups is 1. The third-order valence-electron chi connectivity index (χ3n) is 3.21. The highest BCUT2D eigenvalue weighted by Gasteiger charge is 2.30. The van der Waals surface area contributed by atoms with E-state index in [2.05, 4.69) is 21.2 Å². The number of carbonyl (C=O) groups excluding carboxylic acids is 1. The minimum absolute atomic E-state index is 0.144. The smallest absolute Gasteiger partial charge is 0.268 e. The number of hydrogen-bond acceptors (Lipinski definition) is 3. The summed E-state index contributed by atoms with van der Waals surface area (Å²) in [4.78, 5) is 12.0. The Morgan fingerprint density at radius 2 is 2.28 bits per heavy atom. The fourth-order valence-corrected chi connectivity index (χ4v) is 3.79. The van der Waals surface area contributed by atoms with Crippen molar-refractivity contribution in [2.75, 3.05) is 18.1 Å². The van der Waals surface area contributed by atoms with Crippen LogP contribution in [0, 0.1) is 0 Å². The average Bonchev–Trinajstić information content (AvgIpc) is 2.67. The Labute approximate surface area is 119 Å². The van der Waals surface area contributed by atoms with Crippen LogP contribution in [-0.2, 0) is 7.05 Å². The number of nitrogens with one attached hydrogen (secondary N) is 1. The molecule has 0 aliphatic carbocycles. The number of nitrogens with zero attached hydrogens (tertiary/aromatic N) is 1. The van der Waals surface area contributed by atoms with Crippen LogP contribution in [-0.4, -0.2) is 39.2 Å². The van der Waals surface area contributed by atoms with Crippen molar-refractivity contribution >= 4 is 33.6 Å². The summed E-state index contributed by atoms with van der Waals surface area (Å²) in [5.74, 6) is 1.78. The highest BCUT2D eigenvalue weighted by Crippen LogP contribution is 2.26. The van der Waals surface area contributed by atoms with Gasteiger partial charge in [-0.1, -0.05) is 0 Å². The van der Waals surface area contributed by atoms with Gasteiger partial charge in [0.2, 0.25) is 0 Å². The standard InChI is InChI=1S/C12H17BrN2O2S/c1-15-7-9(13)6-10(15)11(16)14-8-12(17)2-4-18-5-3-12/h6-7,17H,2-5,8H2,1H3,(H,14,16). The van der Waals surface area contributed by atoms with E-state index in [9.17, 15) is 9.90 Å². The van der Waals surface area contributed by atoms with Gasteiger partial charge in [-0.15, -0.1) is 0 Å². The van der Waals surface area contributed by atoms with Gasteiger partial charge in [0.15, 0.2) is 0 Å². The largest absolute Gasteiger partial charge is 0.388 e. The van der Waals surface area contributed by atoms with Crippen LogP contribution >= 0.6 is 27.7 Å². The van der Waals surface area contributed by atoms with Gasteiger partial charge in [0, 0.05) is 24.3 Å². The Bertz CT molecular complexity index is 441. The number of aryl methyl sites for hydroxylation is 1. The van der Waals surface area contributed by atoms with Crippen molar-refractivity contribution in [3.8, 4) is 0 Å². The van der Waals surface area contributed by atoms with Crippen LogP contribution in [0.25, 0.3) is 0 Å². The molecule has 1 aromatic heterocycles. The molecular weight excluding hydrogens is 316 g/mol. The maximum absolute atomic E-state index is 12.0. The fourth-order valence-electron chi connectivity index (χ4n) is 2.01. The van der Waals surface area contributed by atoms with Crippen molar-refractivity contribution in [3.63, 3.8) is 0 Å². The van der Waals surface area contributed by atoms with E-state index in [1.807, 2.05) is 25.0 Å². The van der Waals surface area contributed by atoms with Crippen LogP contribution in [0.2, 0.25) is 0 Å². The normalized spacial score (nSPS) is 18.6. The number of hydrogen-bond donors (Lipinski definition) is 2. The Balaban J connectivity index is 1.94. The molecule has 0 spiro atoms. The molecule has 1 fully saturated rings. The van der Waals surface area contributed by atoms with Gasteiger partial charge >= 0.3 is 0 Å². The number of rotatable bonds is 3. The molecular formula is C12H17BrN2O2S. The summed E-state index contributed by atoms with van der Waals surface area (Å²) in [5.41, 5.74) is -0.140. The van der Waals surface area contributed by atoms with Crippen molar-refractivity contribution in [1.82, 2.24) is 9.88 Å². The van der Waals surface area contributed by atoms with Crippen LogP contribution in [0.15, 0.2) is 16.7 Å². The summed E-state index contributed by atoms with van der Waals surface area (Å²) >= 11 is 5.19. The molecule has 0 radical (unpaired) electrons. The van der Waals surface area contributed by atoms with Gasteiger partial charge in [-0.25, -0.2) is 0 Å². The van der Waals surface area contributed by atoms with Gasteiger partial charge in [0.25, 0.3) is 5.91 Å². The predicted octanol–water partition coefficient (Wildman–Crippen LogP) is 1.78. The molecule has 0 saturated carbocycles. The second kappa shape index (κ2) is 5.67. The second-order valence-corrected chi connectivity index (χ2v) is 6.81. The van der Waals surface area contributed by atoms with E-state index in [1.54, 1.807) is 10.6 Å². The fraction of sp³-hybridized carbons (Fsp3) is 0.583. The van der Waals surface area contributed by atoms with Crippen LogP contribution < -0.4 is 5.32 Å². The van der Waals surface area contributed by atoms with E-state index in [0.717, 1.165) is 28.8 Å². The van der Waals surface area contributed by atoms with E-state index in [1.165, 1.54) is 0 Å². The van der Waals surface area contributed by atoms with Crippen molar-refractivity contribution in [1.29, 1.82) is 0 Å². The first-order chi connectivity index (χ1) is 8.50. The van der Waals surface area contributed by atoms with Gasteiger partial charge in [0.05, 0.1) is 5.60 Å². The molecule has 1 aliphatic heterocycles. The van der Waals surface area contributed by atoms with Gasteiger partial charge in [-0.3, -0.25) is 4.79 Å². The Morgan fingerprint density at radius 3 is 2.83 bits per heavy atom. The van der Waals surface area contributed by atoms with Crippen LogP contribution in [0.3, 0.4) is 0 Å². The summed E-state index contributed by atoms with van der Waals surface area (Å²) < 4.78 is 2.64. The molecule has 1 saturated heterocycles. The second-order valence-electron chi connectivity index (χ2n) is 4.67. The molecule has 0 atom stereocenters. The van der Waals surface area contributed by atoms with Crippen molar-refractivity contribution in [2.24, 2.45) is 7.05 Å². The van der Waals surface area contributed by atoms with E-state index in [4.69, 9.17) is 0 Å². The summed E-state index contributed by atoms with van der Waals surface area (Å²) in [5, 5.41) is 13.1. The zero-order valence-electron chi connectivity index (χ0n) is 10.3. The molecule has 0 bridgehead atoms. The molecule has 4 nitrogen and oxygen atoms in total. The molecule has 100 valence electrons. The lowest BCUT2D eigenvalue weighted by molar-refractivity contribution is 0.0310. The number of halogens is 1. The first-order valence-corrected chi connectivity index (χ1v) is 7.85. The Hall–Kier alpha value is -0.460. The van der Waals surface area contributed by atoms with E-state index < -0.39 is 5.60 Å². The maximum Gasteiger partial charge on any atom is 0.268 e. The maximum atomic E-state index is 12.0. The molecule has 6 heteroatoms. The number of thioether (sulfide) groups is 1. The number of aromatic nitrogens is 1. The Morgan fingerprint density at radius 1 is 1.61 bits per heavy atom. The molecule has 18 heavy (non-hydrogen) atoms. The van der Waals surface area contributed by atoms with Crippen LogP contribution in [0.5, 0.6) is 0 Å². The molecule has 2 rings (SSSR count). The lowest BCUT2D eigenvalue weighted by Crippen LogP contribution is -2.45. The Kier molecular flexibility index (Phi) is 4.40. The molecule has 2 N–H and O–H groups in total. The van der Waals surface area contributed by atoms with Gasteiger partial charge in [-0.2, -0.15) is 11.8 Å². The predicted molar refractivity (Wildman–Crippen MR) is 77.0 cm³/mol. The summed E-state index contributed by atoms with van der Waals surface area (Å²) in [6.07, 6.45) is 3.32. The zero-order valence-corrected chi connectivity index (χ0v) is 12.7. The first-order valence-electron chi connectivity index (χ1n) is 5.90. The molecule has 0 unspecified atom stereocenters. The first kappa shape index (κ1) is 14.0. The summed E-state index contributed by atoms with van der Waals surface area (Å²) in [7, 11) is 1.83.